The third-order valence-corrected chi connectivity index (χ3v) is 5.02. The second-order valence-electron chi connectivity index (χ2n) is 8.66. The zero-order chi connectivity index (χ0) is 21.0. The number of fused-ring (bicyclic) bond motifs is 1. The lowest BCUT2D eigenvalue weighted by Crippen LogP contribution is -2.44. The van der Waals surface area contributed by atoms with Gasteiger partial charge in [0.15, 0.2) is 5.96 Å². The van der Waals surface area contributed by atoms with Gasteiger partial charge in [-0.1, -0.05) is 12.1 Å². The van der Waals surface area contributed by atoms with E-state index in [1.807, 2.05) is 20.8 Å². The van der Waals surface area contributed by atoms with Gasteiger partial charge in [-0.3, -0.25) is 4.99 Å². The van der Waals surface area contributed by atoms with Crippen LogP contribution in [0.4, 0.5) is 4.79 Å². The largest absolute Gasteiger partial charge is 0.444 e. The van der Waals surface area contributed by atoms with Crippen molar-refractivity contribution < 1.29 is 9.53 Å². The van der Waals surface area contributed by atoms with Crippen molar-refractivity contribution in [2.45, 2.75) is 52.2 Å². The highest BCUT2D eigenvalue weighted by atomic mass is 127. The lowest BCUT2D eigenvalue weighted by Gasteiger charge is -2.23. The van der Waals surface area contributed by atoms with E-state index < -0.39 is 5.60 Å². The third kappa shape index (κ3) is 6.52. The summed E-state index contributed by atoms with van der Waals surface area (Å²) < 4.78 is 5.35. The van der Waals surface area contributed by atoms with Crippen LogP contribution in [0.3, 0.4) is 0 Å². The molecule has 1 fully saturated rings. The number of carbonyl (C=O) groups excluding carboxylic acids is 1. The minimum absolute atomic E-state index is 0. The number of nitrogens with one attached hydrogen (secondary N) is 3. The summed E-state index contributed by atoms with van der Waals surface area (Å²) in [6.07, 6.45) is 3.52. The number of carbonyl (C=O) groups is 1. The van der Waals surface area contributed by atoms with Crippen LogP contribution in [-0.4, -0.2) is 60.3 Å². The number of nitrogens with zero attached hydrogens (tertiary/aromatic N) is 2. The number of hydrogen-bond acceptors (Lipinski definition) is 3. The van der Waals surface area contributed by atoms with Crippen molar-refractivity contribution in [3.63, 3.8) is 0 Å². The van der Waals surface area contributed by atoms with Gasteiger partial charge in [0.25, 0.3) is 0 Å². The maximum Gasteiger partial charge on any atom is 0.407 e. The number of H-pyrrole nitrogens is 1. The SMILES string of the molecule is CN=C(NCCc1c[nH]c2cc(C)ccc12)N1CCC(NC(=O)OC(C)(C)C)C1.I. The first-order chi connectivity index (χ1) is 13.7. The molecule has 1 aliphatic heterocycles. The van der Waals surface area contributed by atoms with E-state index in [2.05, 4.69) is 56.8 Å². The molecule has 0 bridgehead atoms. The van der Waals surface area contributed by atoms with E-state index in [9.17, 15) is 4.79 Å². The minimum atomic E-state index is -0.485. The lowest BCUT2D eigenvalue weighted by atomic mass is 10.1. The highest BCUT2D eigenvalue weighted by molar-refractivity contribution is 14.0. The van der Waals surface area contributed by atoms with Gasteiger partial charge in [0.2, 0.25) is 0 Å². The summed E-state index contributed by atoms with van der Waals surface area (Å²) in [4.78, 5) is 21.9. The van der Waals surface area contributed by atoms with E-state index in [0.717, 1.165) is 38.4 Å². The Morgan fingerprint density at radius 1 is 1.37 bits per heavy atom. The molecule has 1 amide bonds. The van der Waals surface area contributed by atoms with Crippen molar-refractivity contribution in [3.8, 4) is 0 Å². The Labute approximate surface area is 196 Å². The Morgan fingerprint density at radius 3 is 2.83 bits per heavy atom. The summed E-state index contributed by atoms with van der Waals surface area (Å²) >= 11 is 0. The standard InChI is InChI=1S/C22H33N5O2.HI/c1-15-6-7-18-16(13-25-19(18)12-15)8-10-24-20(23-5)27-11-9-17(14-27)26-21(28)29-22(2,3)4;/h6-7,12-13,17,25H,8-11,14H2,1-5H3,(H,23,24)(H,26,28);1H. The first-order valence-electron chi connectivity index (χ1n) is 10.3. The predicted molar refractivity (Wildman–Crippen MR) is 133 cm³/mol. The van der Waals surface area contributed by atoms with E-state index in [1.54, 1.807) is 7.05 Å². The molecule has 1 aromatic carbocycles. The van der Waals surface area contributed by atoms with Gasteiger partial charge in [-0.15, -0.1) is 24.0 Å². The molecule has 166 valence electrons. The van der Waals surface area contributed by atoms with E-state index in [-0.39, 0.29) is 36.1 Å². The third-order valence-electron chi connectivity index (χ3n) is 5.02. The number of aryl methyl sites for hydroxylation is 1. The fourth-order valence-corrected chi connectivity index (χ4v) is 3.69. The number of rotatable bonds is 4. The van der Waals surface area contributed by atoms with Crippen LogP contribution in [0.2, 0.25) is 0 Å². The average Bonchev–Trinajstić information content (AvgIpc) is 3.24. The van der Waals surface area contributed by atoms with Crippen molar-refractivity contribution in [3.05, 3.63) is 35.5 Å². The molecule has 30 heavy (non-hydrogen) atoms. The molecule has 3 N–H and O–H groups in total. The summed E-state index contributed by atoms with van der Waals surface area (Å²) in [6.45, 7) is 10.1. The van der Waals surface area contributed by atoms with Crippen molar-refractivity contribution in [1.82, 2.24) is 20.5 Å². The van der Waals surface area contributed by atoms with Crippen LogP contribution in [0.1, 0.15) is 38.3 Å². The molecule has 2 aromatic rings. The topological polar surface area (TPSA) is 81.8 Å². The van der Waals surface area contributed by atoms with Crippen LogP contribution in [0, 0.1) is 6.92 Å². The van der Waals surface area contributed by atoms with Gasteiger partial charge in [-0.05, 0) is 57.7 Å². The number of halogens is 1. The fraction of sp³-hybridized carbons (Fsp3) is 0.545. The van der Waals surface area contributed by atoms with Crippen LogP contribution in [0.25, 0.3) is 10.9 Å². The first kappa shape index (κ1) is 24.3. The fourth-order valence-electron chi connectivity index (χ4n) is 3.69. The number of ether oxygens (including phenoxy) is 1. The molecule has 1 aromatic heterocycles. The zero-order valence-corrected chi connectivity index (χ0v) is 20.9. The van der Waals surface area contributed by atoms with E-state index in [0.29, 0.717) is 0 Å². The molecule has 0 radical (unpaired) electrons. The number of hydrogen-bond donors (Lipinski definition) is 3. The van der Waals surface area contributed by atoms with Crippen LogP contribution in [-0.2, 0) is 11.2 Å². The molecule has 7 nitrogen and oxygen atoms in total. The molecule has 0 spiro atoms. The Balaban J connectivity index is 0.00000320. The quantitative estimate of drug-likeness (QED) is 0.321. The van der Waals surface area contributed by atoms with Crippen LogP contribution in [0.5, 0.6) is 0 Å². The van der Waals surface area contributed by atoms with Gasteiger partial charge in [0.05, 0.1) is 6.04 Å². The molecule has 0 saturated carbocycles. The lowest BCUT2D eigenvalue weighted by molar-refractivity contribution is 0.0507. The normalized spacial score (nSPS) is 17.0. The molecular weight excluding hydrogens is 493 g/mol. The molecule has 2 heterocycles. The van der Waals surface area contributed by atoms with Crippen molar-refractivity contribution in [2.24, 2.45) is 4.99 Å². The van der Waals surface area contributed by atoms with Crippen molar-refractivity contribution in [2.75, 3.05) is 26.7 Å². The first-order valence-corrected chi connectivity index (χ1v) is 10.3. The van der Waals surface area contributed by atoms with Gasteiger partial charge in [-0.2, -0.15) is 0 Å². The minimum Gasteiger partial charge on any atom is -0.444 e. The summed E-state index contributed by atoms with van der Waals surface area (Å²) in [5.41, 5.74) is 3.25. The second-order valence-corrected chi connectivity index (χ2v) is 8.66. The Morgan fingerprint density at radius 2 is 2.13 bits per heavy atom. The Kier molecular flexibility index (Phi) is 8.40. The van der Waals surface area contributed by atoms with E-state index in [4.69, 9.17) is 4.74 Å². The molecule has 0 aliphatic carbocycles. The maximum atomic E-state index is 12.0. The molecular formula is C22H34IN5O2. The number of aromatic amines is 1. The summed E-state index contributed by atoms with van der Waals surface area (Å²) in [5, 5.41) is 7.69. The maximum absolute atomic E-state index is 12.0. The molecule has 1 aliphatic rings. The van der Waals surface area contributed by atoms with Gasteiger partial charge in [0.1, 0.15) is 5.60 Å². The molecule has 1 atom stereocenters. The van der Waals surface area contributed by atoms with Crippen molar-refractivity contribution >= 4 is 46.9 Å². The van der Waals surface area contributed by atoms with Crippen LogP contribution >= 0.6 is 24.0 Å². The highest BCUT2D eigenvalue weighted by Gasteiger charge is 2.27. The number of alkyl carbamates (subject to hydrolysis) is 1. The summed E-state index contributed by atoms with van der Waals surface area (Å²) in [5.74, 6) is 0.870. The average molecular weight is 527 g/mol. The second kappa shape index (κ2) is 10.4. The number of guanidine groups is 1. The Bertz CT molecular complexity index is 887. The van der Waals surface area contributed by atoms with E-state index >= 15 is 0 Å². The predicted octanol–water partition coefficient (Wildman–Crippen LogP) is 3.81. The van der Waals surface area contributed by atoms with Gasteiger partial charge >= 0.3 is 6.09 Å². The van der Waals surface area contributed by atoms with E-state index in [1.165, 1.54) is 22.0 Å². The molecule has 8 heteroatoms. The summed E-state index contributed by atoms with van der Waals surface area (Å²) in [6, 6.07) is 6.57. The van der Waals surface area contributed by atoms with Gasteiger partial charge in [0, 0.05) is 43.8 Å². The van der Waals surface area contributed by atoms with Gasteiger partial charge in [-0.25, -0.2) is 4.79 Å². The number of aliphatic imine (C=N–C) groups is 1. The Hall–Kier alpha value is -1.97. The monoisotopic (exact) mass is 527 g/mol. The van der Waals surface area contributed by atoms with Crippen LogP contribution < -0.4 is 10.6 Å². The van der Waals surface area contributed by atoms with Crippen LogP contribution in [0.15, 0.2) is 29.4 Å². The molecule has 1 saturated heterocycles. The molecule has 3 rings (SSSR count). The highest BCUT2D eigenvalue weighted by Crippen LogP contribution is 2.19. The number of amides is 1. The smallest absolute Gasteiger partial charge is 0.407 e. The zero-order valence-electron chi connectivity index (χ0n) is 18.5. The van der Waals surface area contributed by atoms with Crippen molar-refractivity contribution in [1.29, 1.82) is 0 Å². The van der Waals surface area contributed by atoms with Gasteiger partial charge < -0.3 is 25.3 Å². The number of aromatic nitrogens is 1. The number of likely N-dealkylation sites (tertiary alicyclic amines) is 1. The summed E-state index contributed by atoms with van der Waals surface area (Å²) in [7, 11) is 1.80. The molecule has 1 unspecified atom stereocenters. The number of benzene rings is 1.